The molecule has 2 unspecified atom stereocenters. The van der Waals surface area contributed by atoms with E-state index in [1.54, 1.807) is 11.3 Å². The van der Waals surface area contributed by atoms with Crippen molar-refractivity contribution in [2.45, 2.75) is 44.4 Å². The van der Waals surface area contributed by atoms with Gasteiger partial charge in [-0.2, -0.15) is 0 Å². The summed E-state index contributed by atoms with van der Waals surface area (Å²) in [5.41, 5.74) is 1.03. The van der Waals surface area contributed by atoms with Crippen LogP contribution in [0.1, 0.15) is 29.7 Å². The van der Waals surface area contributed by atoms with Gasteiger partial charge in [-0.1, -0.05) is 18.2 Å². The molecule has 33 heavy (non-hydrogen) atoms. The minimum absolute atomic E-state index is 0.0803. The molecule has 2 atom stereocenters. The van der Waals surface area contributed by atoms with Gasteiger partial charge in [0, 0.05) is 62.7 Å². The highest BCUT2D eigenvalue weighted by atomic mass is 32.1. The fourth-order valence-corrected chi connectivity index (χ4v) is 5.69. The number of piperazine rings is 1. The van der Waals surface area contributed by atoms with Gasteiger partial charge < -0.3 is 15.1 Å². The van der Waals surface area contributed by atoms with Crippen molar-refractivity contribution < 1.29 is 14.0 Å². The van der Waals surface area contributed by atoms with Crippen LogP contribution in [0.5, 0.6) is 0 Å². The van der Waals surface area contributed by atoms with E-state index in [4.69, 9.17) is 0 Å². The van der Waals surface area contributed by atoms with Crippen molar-refractivity contribution in [2.75, 3.05) is 32.7 Å². The predicted octanol–water partition coefficient (Wildman–Crippen LogP) is 2.70. The second-order valence-electron chi connectivity index (χ2n) is 9.36. The van der Waals surface area contributed by atoms with Crippen LogP contribution in [-0.2, 0) is 22.7 Å². The first-order valence-electron chi connectivity index (χ1n) is 11.9. The van der Waals surface area contributed by atoms with E-state index in [9.17, 15) is 14.0 Å². The van der Waals surface area contributed by atoms with Gasteiger partial charge in [0.25, 0.3) is 0 Å². The molecule has 2 saturated heterocycles. The molecule has 2 aliphatic heterocycles. The predicted molar refractivity (Wildman–Crippen MR) is 126 cm³/mol. The molecule has 0 bridgehead atoms. The zero-order valence-corrected chi connectivity index (χ0v) is 19.6. The smallest absolute Gasteiger partial charge is 0.245 e. The third-order valence-corrected chi connectivity index (χ3v) is 7.82. The van der Waals surface area contributed by atoms with Gasteiger partial charge in [0.15, 0.2) is 0 Å². The average molecular weight is 471 g/mol. The van der Waals surface area contributed by atoms with Crippen molar-refractivity contribution >= 4 is 23.2 Å². The van der Waals surface area contributed by atoms with Gasteiger partial charge in [-0.15, -0.1) is 11.3 Å². The SMILES string of the molecule is O=C(C1CC(N(Cc2ccc(F)cc2)Cc2cccs2)CN1C(=O)C1CC1)N1CCNCC1. The molecule has 2 aromatic rings. The molecule has 2 amide bonds. The van der Waals surface area contributed by atoms with Gasteiger partial charge in [-0.05, 0) is 48.4 Å². The Kier molecular flexibility index (Phi) is 6.76. The van der Waals surface area contributed by atoms with Gasteiger partial charge in [0.2, 0.25) is 11.8 Å². The highest BCUT2D eigenvalue weighted by Gasteiger charge is 2.46. The maximum absolute atomic E-state index is 13.5. The summed E-state index contributed by atoms with van der Waals surface area (Å²) >= 11 is 1.71. The van der Waals surface area contributed by atoms with Crippen molar-refractivity contribution in [3.63, 3.8) is 0 Å². The molecule has 1 aliphatic carbocycles. The Morgan fingerprint density at radius 2 is 1.82 bits per heavy atom. The Balaban J connectivity index is 1.38. The van der Waals surface area contributed by atoms with E-state index in [1.807, 2.05) is 28.0 Å². The molecule has 3 aliphatic rings. The Labute approximate surface area is 198 Å². The lowest BCUT2D eigenvalue weighted by atomic mass is 10.1. The van der Waals surface area contributed by atoms with Crippen LogP contribution < -0.4 is 5.32 Å². The van der Waals surface area contributed by atoms with Crippen LogP contribution in [-0.4, -0.2) is 71.3 Å². The Morgan fingerprint density at radius 1 is 1.06 bits per heavy atom. The van der Waals surface area contributed by atoms with Gasteiger partial charge in [0.05, 0.1) is 0 Å². The van der Waals surface area contributed by atoms with Crippen molar-refractivity contribution in [1.29, 1.82) is 0 Å². The number of rotatable bonds is 7. The number of amides is 2. The molecule has 1 N–H and O–H groups in total. The van der Waals surface area contributed by atoms with Gasteiger partial charge in [-0.25, -0.2) is 4.39 Å². The highest BCUT2D eigenvalue weighted by Crippen LogP contribution is 2.35. The Hall–Kier alpha value is -2.29. The molecule has 5 rings (SSSR count). The first kappa shape index (κ1) is 22.5. The molecule has 176 valence electrons. The zero-order valence-electron chi connectivity index (χ0n) is 18.8. The number of nitrogens with one attached hydrogen (secondary N) is 1. The highest BCUT2D eigenvalue weighted by molar-refractivity contribution is 7.09. The van der Waals surface area contributed by atoms with E-state index in [1.165, 1.54) is 17.0 Å². The molecule has 6 nitrogen and oxygen atoms in total. The lowest BCUT2D eigenvalue weighted by Crippen LogP contribution is -2.53. The quantitative estimate of drug-likeness (QED) is 0.676. The molecule has 0 radical (unpaired) electrons. The number of hydrogen-bond acceptors (Lipinski definition) is 5. The topological polar surface area (TPSA) is 55.9 Å². The van der Waals surface area contributed by atoms with Crippen LogP contribution >= 0.6 is 11.3 Å². The number of hydrogen-bond donors (Lipinski definition) is 1. The van der Waals surface area contributed by atoms with Crippen molar-refractivity contribution in [3.8, 4) is 0 Å². The second kappa shape index (κ2) is 9.91. The van der Waals surface area contributed by atoms with Gasteiger partial charge in [-0.3, -0.25) is 14.5 Å². The largest absolute Gasteiger partial charge is 0.338 e. The molecule has 3 fully saturated rings. The molecule has 0 spiro atoms. The number of halogens is 1. The fraction of sp³-hybridized carbons (Fsp3) is 0.520. The first-order valence-corrected chi connectivity index (χ1v) is 12.8. The van der Waals surface area contributed by atoms with Crippen LogP contribution in [0.25, 0.3) is 0 Å². The fourth-order valence-electron chi connectivity index (χ4n) is 4.96. The summed E-state index contributed by atoms with van der Waals surface area (Å²) in [5, 5.41) is 5.37. The van der Waals surface area contributed by atoms with E-state index in [0.29, 0.717) is 32.6 Å². The number of nitrogens with zero attached hydrogens (tertiary/aromatic N) is 3. The third kappa shape index (κ3) is 5.28. The van der Waals surface area contributed by atoms with E-state index >= 15 is 0 Å². The van der Waals surface area contributed by atoms with E-state index in [-0.39, 0.29) is 35.6 Å². The van der Waals surface area contributed by atoms with Crippen molar-refractivity contribution in [3.05, 3.63) is 58.0 Å². The number of carbonyl (C=O) groups excluding carboxylic acids is 2. The minimum atomic E-state index is -0.389. The van der Waals surface area contributed by atoms with E-state index in [0.717, 1.165) is 38.0 Å². The normalized spacial score (nSPS) is 23.3. The summed E-state index contributed by atoms with van der Waals surface area (Å²) in [5.74, 6) is 0.0759. The van der Waals surface area contributed by atoms with E-state index in [2.05, 4.69) is 21.7 Å². The molecule has 1 aromatic heterocycles. The van der Waals surface area contributed by atoms with Crippen LogP contribution in [0.3, 0.4) is 0 Å². The monoisotopic (exact) mass is 470 g/mol. The standard InChI is InChI=1S/C25H31FN4O2S/c26-20-7-3-18(4-8-20)15-29(17-22-2-1-13-33-22)21-14-23(25(32)28-11-9-27-10-12-28)30(16-21)24(31)19-5-6-19/h1-4,7-8,13,19,21,23,27H,5-6,9-12,14-17H2. The molecule has 3 heterocycles. The maximum Gasteiger partial charge on any atom is 0.245 e. The summed E-state index contributed by atoms with van der Waals surface area (Å²) in [4.78, 5) is 34.0. The van der Waals surface area contributed by atoms with Crippen molar-refractivity contribution in [2.24, 2.45) is 5.92 Å². The van der Waals surface area contributed by atoms with Gasteiger partial charge >= 0.3 is 0 Å². The summed E-state index contributed by atoms with van der Waals surface area (Å²) in [6.45, 7) is 4.97. The van der Waals surface area contributed by atoms with Crippen molar-refractivity contribution in [1.82, 2.24) is 20.0 Å². The molecular formula is C25H31FN4O2S. The third-order valence-electron chi connectivity index (χ3n) is 6.96. The zero-order chi connectivity index (χ0) is 22.8. The molecule has 1 saturated carbocycles. The second-order valence-corrected chi connectivity index (χ2v) is 10.4. The lowest BCUT2D eigenvalue weighted by molar-refractivity contribution is -0.144. The minimum Gasteiger partial charge on any atom is -0.338 e. The lowest BCUT2D eigenvalue weighted by Gasteiger charge is -2.32. The summed E-state index contributed by atoms with van der Waals surface area (Å²) in [7, 11) is 0. The Morgan fingerprint density at radius 3 is 2.48 bits per heavy atom. The molecular weight excluding hydrogens is 439 g/mol. The van der Waals surface area contributed by atoms with Gasteiger partial charge in [0.1, 0.15) is 11.9 Å². The van der Waals surface area contributed by atoms with Crippen LogP contribution in [0.2, 0.25) is 0 Å². The Bertz CT molecular complexity index is 957. The molecule has 1 aromatic carbocycles. The van der Waals surface area contributed by atoms with Crippen LogP contribution in [0.15, 0.2) is 41.8 Å². The number of benzene rings is 1. The van der Waals surface area contributed by atoms with E-state index < -0.39 is 0 Å². The first-order chi connectivity index (χ1) is 16.1. The number of carbonyl (C=O) groups is 2. The van der Waals surface area contributed by atoms with Crippen LogP contribution in [0, 0.1) is 11.7 Å². The summed E-state index contributed by atoms with van der Waals surface area (Å²) in [6, 6.07) is 10.5. The molecule has 8 heteroatoms. The number of likely N-dealkylation sites (tertiary alicyclic amines) is 1. The summed E-state index contributed by atoms with van der Waals surface area (Å²) in [6.07, 6.45) is 2.51. The van der Waals surface area contributed by atoms with Crippen LogP contribution in [0.4, 0.5) is 4.39 Å². The summed E-state index contributed by atoms with van der Waals surface area (Å²) < 4.78 is 13.5. The average Bonchev–Trinajstić information content (AvgIpc) is 3.38. The number of thiophene rings is 1. The maximum atomic E-state index is 13.5.